The topological polar surface area (TPSA) is 97.3 Å². The van der Waals surface area contributed by atoms with Gasteiger partial charge in [-0.05, 0) is 0 Å². The van der Waals surface area contributed by atoms with E-state index in [1.807, 2.05) is 0 Å². The predicted octanol–water partition coefficient (Wildman–Crippen LogP) is 0.369. The largest absolute Gasteiger partial charge is 0.493 e. The summed E-state index contributed by atoms with van der Waals surface area (Å²) >= 11 is 0. The first-order valence-corrected chi connectivity index (χ1v) is 6.81. The normalized spacial score (nSPS) is 13.9. The maximum atomic E-state index is 12.1. The Bertz CT molecular complexity index is 630. The smallest absolute Gasteiger partial charge is 0.277 e. The molecule has 2 N–H and O–H groups in total. The van der Waals surface area contributed by atoms with E-state index >= 15 is 0 Å². The van der Waals surface area contributed by atoms with Crippen LogP contribution in [0.3, 0.4) is 0 Å². The third-order valence-electron chi connectivity index (χ3n) is 3.28. The molecule has 1 aliphatic rings. The number of carbonyl (C=O) groups excluding carboxylic acids is 2. The molecule has 23 heavy (non-hydrogen) atoms. The Morgan fingerprint density at radius 3 is 2.17 bits per heavy atom. The van der Waals surface area contributed by atoms with E-state index in [4.69, 9.17) is 19.3 Å². The maximum absolute atomic E-state index is 12.1. The van der Waals surface area contributed by atoms with Crippen molar-refractivity contribution in [3.63, 3.8) is 0 Å². The van der Waals surface area contributed by atoms with Crippen LogP contribution in [-0.4, -0.2) is 56.3 Å². The van der Waals surface area contributed by atoms with Crippen LogP contribution in [0.1, 0.15) is 0 Å². The molecular weight excluding hydrogens is 304 g/mol. The third kappa shape index (κ3) is 3.21. The highest BCUT2D eigenvalue weighted by atomic mass is 16.5. The van der Waals surface area contributed by atoms with Gasteiger partial charge in [0.2, 0.25) is 5.75 Å². The van der Waals surface area contributed by atoms with E-state index < -0.39 is 11.8 Å². The number of imide groups is 1. The maximum Gasteiger partial charge on any atom is 0.277 e. The van der Waals surface area contributed by atoms with Crippen molar-refractivity contribution in [2.75, 3.05) is 39.8 Å². The van der Waals surface area contributed by atoms with Gasteiger partial charge in [-0.15, -0.1) is 0 Å². The first-order chi connectivity index (χ1) is 11.0. The molecule has 0 radical (unpaired) electrons. The Hall–Kier alpha value is -2.74. The fourth-order valence-corrected chi connectivity index (χ4v) is 2.22. The number of anilines is 1. The van der Waals surface area contributed by atoms with Crippen LogP contribution >= 0.6 is 0 Å². The predicted molar refractivity (Wildman–Crippen MR) is 81.6 cm³/mol. The van der Waals surface area contributed by atoms with Crippen LogP contribution in [0.4, 0.5) is 5.69 Å². The minimum Gasteiger partial charge on any atom is -0.493 e. The van der Waals surface area contributed by atoms with Gasteiger partial charge in [0, 0.05) is 23.9 Å². The fourth-order valence-electron chi connectivity index (χ4n) is 2.22. The number of methoxy groups -OCH3 is 3. The number of aliphatic hydroxyl groups is 1. The van der Waals surface area contributed by atoms with Crippen LogP contribution in [-0.2, 0) is 9.59 Å². The summed E-state index contributed by atoms with van der Waals surface area (Å²) in [5.74, 6) is 0.278. The Kier molecular flexibility index (Phi) is 5.07. The molecule has 0 saturated carbocycles. The summed E-state index contributed by atoms with van der Waals surface area (Å²) in [6, 6.07) is 3.24. The molecule has 2 amide bonds. The number of hydrogen-bond donors (Lipinski definition) is 2. The number of hydrogen-bond acceptors (Lipinski definition) is 7. The summed E-state index contributed by atoms with van der Waals surface area (Å²) in [4.78, 5) is 24.8. The Labute approximate surface area is 133 Å². The van der Waals surface area contributed by atoms with Crippen molar-refractivity contribution in [3.8, 4) is 17.2 Å². The highest BCUT2D eigenvalue weighted by molar-refractivity contribution is 6.17. The second kappa shape index (κ2) is 7.01. The number of β-amino-alcohol motifs (C(OH)–C–C–N with tert-alkyl or cyclic N) is 1. The lowest BCUT2D eigenvalue weighted by Gasteiger charge is -2.16. The van der Waals surface area contributed by atoms with Gasteiger partial charge in [0.15, 0.2) is 11.5 Å². The first-order valence-electron chi connectivity index (χ1n) is 6.81. The van der Waals surface area contributed by atoms with Gasteiger partial charge in [0.1, 0.15) is 5.70 Å². The number of nitrogens with one attached hydrogen (secondary N) is 1. The molecule has 0 atom stereocenters. The molecular formula is C15H18N2O6. The molecule has 0 aromatic heterocycles. The molecule has 0 spiro atoms. The molecule has 0 fully saturated rings. The molecule has 124 valence electrons. The summed E-state index contributed by atoms with van der Waals surface area (Å²) in [7, 11) is 4.45. The minimum absolute atomic E-state index is 0.0470. The summed E-state index contributed by atoms with van der Waals surface area (Å²) < 4.78 is 15.7. The molecule has 0 unspecified atom stereocenters. The van der Waals surface area contributed by atoms with Gasteiger partial charge in [-0.3, -0.25) is 14.5 Å². The SMILES string of the molecule is COc1cc(NC2=CC(=O)N(CCO)C2=O)cc(OC)c1OC. The van der Waals surface area contributed by atoms with E-state index in [9.17, 15) is 9.59 Å². The Morgan fingerprint density at radius 1 is 1.09 bits per heavy atom. The van der Waals surface area contributed by atoms with Crippen LogP contribution in [0, 0.1) is 0 Å². The molecule has 8 heteroatoms. The molecule has 1 aromatic rings. The molecule has 2 rings (SSSR count). The van der Waals surface area contributed by atoms with Crippen LogP contribution in [0.5, 0.6) is 17.2 Å². The average molecular weight is 322 g/mol. The van der Waals surface area contributed by atoms with E-state index in [1.165, 1.54) is 27.4 Å². The van der Waals surface area contributed by atoms with Gasteiger partial charge in [0.05, 0.1) is 34.5 Å². The monoisotopic (exact) mass is 322 g/mol. The van der Waals surface area contributed by atoms with Crippen molar-refractivity contribution in [2.24, 2.45) is 0 Å². The zero-order valence-electron chi connectivity index (χ0n) is 13.1. The van der Waals surface area contributed by atoms with Gasteiger partial charge < -0.3 is 24.6 Å². The van der Waals surface area contributed by atoms with E-state index in [2.05, 4.69) is 5.32 Å². The summed E-state index contributed by atoms with van der Waals surface area (Å²) in [6.45, 7) is -0.336. The second-order valence-corrected chi connectivity index (χ2v) is 4.62. The van der Waals surface area contributed by atoms with Gasteiger partial charge in [-0.25, -0.2) is 0 Å². The number of ether oxygens (including phenoxy) is 3. The molecule has 1 aromatic carbocycles. The van der Waals surface area contributed by atoms with Crippen molar-refractivity contribution in [1.29, 1.82) is 0 Å². The molecule has 0 saturated heterocycles. The molecule has 1 aliphatic heterocycles. The minimum atomic E-state index is -0.502. The van der Waals surface area contributed by atoms with E-state index in [1.54, 1.807) is 12.1 Å². The first kappa shape index (κ1) is 16.6. The summed E-state index contributed by atoms with van der Waals surface area (Å²) in [5, 5.41) is 11.8. The Balaban J connectivity index is 2.29. The number of nitrogens with zero attached hydrogens (tertiary/aromatic N) is 1. The number of benzene rings is 1. The summed E-state index contributed by atoms with van der Waals surface area (Å²) in [5.41, 5.74) is 0.607. The fraction of sp³-hybridized carbons (Fsp3) is 0.333. The quantitative estimate of drug-likeness (QED) is 0.700. The molecule has 0 aliphatic carbocycles. The lowest BCUT2D eigenvalue weighted by Crippen LogP contribution is -2.34. The standard InChI is InChI=1S/C15H18N2O6/c1-21-11-6-9(7-12(22-2)14(11)23-3)16-10-8-13(19)17(4-5-18)15(10)20/h6-8,16,18H,4-5H2,1-3H3. The number of amides is 2. The number of carbonyl (C=O) groups is 2. The van der Waals surface area contributed by atoms with Crippen molar-refractivity contribution in [3.05, 3.63) is 23.9 Å². The van der Waals surface area contributed by atoms with Gasteiger partial charge >= 0.3 is 0 Å². The summed E-state index contributed by atoms with van der Waals surface area (Å²) in [6.07, 6.45) is 1.18. The van der Waals surface area contributed by atoms with E-state index in [-0.39, 0.29) is 18.8 Å². The highest BCUT2D eigenvalue weighted by Crippen LogP contribution is 2.40. The van der Waals surface area contributed by atoms with Crippen LogP contribution in [0.2, 0.25) is 0 Å². The van der Waals surface area contributed by atoms with Crippen LogP contribution < -0.4 is 19.5 Å². The average Bonchev–Trinajstić information content (AvgIpc) is 2.81. The van der Waals surface area contributed by atoms with E-state index in [0.29, 0.717) is 22.9 Å². The zero-order valence-corrected chi connectivity index (χ0v) is 13.1. The highest BCUT2D eigenvalue weighted by Gasteiger charge is 2.30. The van der Waals surface area contributed by atoms with Crippen molar-refractivity contribution >= 4 is 17.5 Å². The van der Waals surface area contributed by atoms with Crippen LogP contribution in [0.15, 0.2) is 23.9 Å². The second-order valence-electron chi connectivity index (χ2n) is 4.62. The van der Waals surface area contributed by atoms with Gasteiger partial charge in [0.25, 0.3) is 11.8 Å². The van der Waals surface area contributed by atoms with E-state index in [0.717, 1.165) is 4.90 Å². The molecule has 0 bridgehead atoms. The van der Waals surface area contributed by atoms with Crippen LogP contribution in [0.25, 0.3) is 0 Å². The van der Waals surface area contributed by atoms with Gasteiger partial charge in [-0.2, -0.15) is 0 Å². The van der Waals surface area contributed by atoms with Crippen molar-refractivity contribution in [2.45, 2.75) is 0 Å². The number of aliphatic hydroxyl groups excluding tert-OH is 1. The number of rotatable bonds is 7. The Morgan fingerprint density at radius 2 is 1.70 bits per heavy atom. The lowest BCUT2D eigenvalue weighted by atomic mass is 10.2. The molecule has 1 heterocycles. The third-order valence-corrected chi connectivity index (χ3v) is 3.28. The van der Waals surface area contributed by atoms with Crippen molar-refractivity contribution in [1.82, 2.24) is 4.90 Å². The molecule has 8 nitrogen and oxygen atoms in total. The lowest BCUT2D eigenvalue weighted by molar-refractivity contribution is -0.137. The zero-order chi connectivity index (χ0) is 17.0. The van der Waals surface area contributed by atoms with Gasteiger partial charge in [-0.1, -0.05) is 0 Å². The van der Waals surface area contributed by atoms with Crippen molar-refractivity contribution < 1.29 is 28.9 Å².